The van der Waals surface area contributed by atoms with Crippen molar-refractivity contribution in [3.05, 3.63) is 30.1 Å². The van der Waals surface area contributed by atoms with Crippen LogP contribution in [0.4, 0.5) is 0 Å². The average molecular weight is 329 g/mol. The smallest absolute Gasteiger partial charge is 0.216 e. The highest BCUT2D eigenvalue weighted by atomic mass is 16.1. The quantitative estimate of drug-likeness (QED) is 0.618. The number of nitrogens with zero attached hydrogens (tertiary/aromatic N) is 2. The fraction of sp³-hybridized carbons (Fsp3) is 0.600. The highest BCUT2D eigenvalue weighted by molar-refractivity contribution is 5.76. The van der Waals surface area contributed by atoms with Crippen LogP contribution < -0.4 is 5.32 Å². The molecule has 0 saturated carbocycles. The molecule has 0 atom stereocenters. The van der Waals surface area contributed by atoms with Crippen molar-refractivity contribution in [3.8, 4) is 0 Å². The second-order valence-electron chi connectivity index (χ2n) is 6.52. The topological polar surface area (TPSA) is 46.9 Å². The number of amides is 1. The zero-order valence-corrected chi connectivity index (χ0v) is 15.2. The van der Waals surface area contributed by atoms with Crippen LogP contribution in [0.2, 0.25) is 0 Å². The molecule has 132 valence electrons. The van der Waals surface area contributed by atoms with E-state index < -0.39 is 0 Å². The van der Waals surface area contributed by atoms with Crippen molar-refractivity contribution in [2.75, 3.05) is 6.54 Å². The molecule has 4 nitrogen and oxygen atoms in total. The minimum atomic E-state index is 0.0183. The van der Waals surface area contributed by atoms with E-state index in [1.165, 1.54) is 50.5 Å². The van der Waals surface area contributed by atoms with Gasteiger partial charge < -0.3 is 9.88 Å². The van der Waals surface area contributed by atoms with Crippen LogP contribution in [0.1, 0.15) is 64.6 Å². The molecule has 1 amide bonds. The molecule has 1 heterocycles. The van der Waals surface area contributed by atoms with Gasteiger partial charge in [-0.2, -0.15) is 0 Å². The first-order valence-corrected chi connectivity index (χ1v) is 9.41. The van der Waals surface area contributed by atoms with Gasteiger partial charge in [-0.05, 0) is 18.6 Å². The summed E-state index contributed by atoms with van der Waals surface area (Å²) in [6, 6.07) is 8.32. The molecular weight excluding hydrogens is 298 g/mol. The van der Waals surface area contributed by atoms with Crippen molar-refractivity contribution in [1.82, 2.24) is 14.9 Å². The lowest BCUT2D eigenvalue weighted by Crippen LogP contribution is -2.23. The van der Waals surface area contributed by atoms with E-state index in [2.05, 4.69) is 35.0 Å². The van der Waals surface area contributed by atoms with Crippen molar-refractivity contribution in [1.29, 1.82) is 0 Å². The lowest BCUT2D eigenvalue weighted by atomic mass is 10.1. The summed E-state index contributed by atoms with van der Waals surface area (Å²) in [5.41, 5.74) is 2.26. The molecule has 0 saturated heterocycles. The second kappa shape index (κ2) is 10.1. The lowest BCUT2D eigenvalue weighted by Gasteiger charge is -2.09. The fourth-order valence-corrected chi connectivity index (χ4v) is 3.14. The van der Waals surface area contributed by atoms with E-state index in [0.29, 0.717) is 6.54 Å². The minimum absolute atomic E-state index is 0.0183. The molecule has 0 aliphatic heterocycles. The number of unbranched alkanes of at least 4 members (excludes halogenated alkanes) is 6. The molecule has 1 aromatic heterocycles. The normalized spacial score (nSPS) is 11.1. The maximum absolute atomic E-state index is 11.1. The van der Waals surface area contributed by atoms with Gasteiger partial charge in [0.25, 0.3) is 0 Å². The molecule has 0 bridgehead atoms. The predicted octanol–water partition coefficient (Wildman–Crippen LogP) is 4.47. The summed E-state index contributed by atoms with van der Waals surface area (Å²) in [6.07, 6.45) is 9.97. The number of carbonyl (C=O) groups excluding carboxylic acids is 1. The molecular formula is C20H31N3O. The Morgan fingerprint density at radius 2 is 1.79 bits per heavy atom. The van der Waals surface area contributed by atoms with E-state index in [1.54, 1.807) is 6.92 Å². The molecule has 24 heavy (non-hydrogen) atoms. The van der Waals surface area contributed by atoms with Gasteiger partial charge in [-0.25, -0.2) is 4.98 Å². The third-order valence-electron chi connectivity index (χ3n) is 4.44. The van der Waals surface area contributed by atoms with Gasteiger partial charge in [-0.15, -0.1) is 0 Å². The van der Waals surface area contributed by atoms with Crippen molar-refractivity contribution < 1.29 is 4.79 Å². The Labute approximate surface area is 145 Å². The Morgan fingerprint density at radius 1 is 1.08 bits per heavy atom. The second-order valence-corrected chi connectivity index (χ2v) is 6.52. The van der Waals surface area contributed by atoms with E-state index in [9.17, 15) is 4.79 Å². The first-order valence-electron chi connectivity index (χ1n) is 9.41. The molecule has 0 aliphatic rings. The Balaban J connectivity index is 1.92. The Kier molecular flexibility index (Phi) is 7.80. The van der Waals surface area contributed by atoms with Crippen molar-refractivity contribution >= 4 is 16.9 Å². The van der Waals surface area contributed by atoms with Gasteiger partial charge in [0.1, 0.15) is 5.82 Å². The summed E-state index contributed by atoms with van der Waals surface area (Å²) in [5.74, 6) is 1.10. The average Bonchev–Trinajstić information content (AvgIpc) is 2.91. The molecule has 2 rings (SSSR count). The fourth-order valence-electron chi connectivity index (χ4n) is 3.14. The molecule has 4 heteroatoms. The number of nitrogens with one attached hydrogen (secondary N) is 1. The van der Waals surface area contributed by atoms with Gasteiger partial charge >= 0.3 is 0 Å². The van der Waals surface area contributed by atoms with Gasteiger partial charge in [0.2, 0.25) is 5.91 Å². The van der Waals surface area contributed by atoms with Crippen LogP contribution >= 0.6 is 0 Å². The largest absolute Gasteiger partial charge is 0.356 e. The van der Waals surface area contributed by atoms with Crippen molar-refractivity contribution in [2.24, 2.45) is 0 Å². The molecule has 0 spiro atoms. The molecule has 1 N–H and O–H groups in total. The van der Waals surface area contributed by atoms with Crippen LogP contribution in [0.15, 0.2) is 24.3 Å². The number of hydrogen-bond acceptors (Lipinski definition) is 2. The Bertz CT molecular complexity index is 633. The summed E-state index contributed by atoms with van der Waals surface area (Å²) in [5, 5.41) is 2.87. The summed E-state index contributed by atoms with van der Waals surface area (Å²) >= 11 is 0. The number of rotatable bonds is 11. The van der Waals surface area contributed by atoms with E-state index in [1.807, 2.05) is 6.07 Å². The number of aryl methyl sites for hydroxylation is 1. The van der Waals surface area contributed by atoms with E-state index >= 15 is 0 Å². The Morgan fingerprint density at radius 3 is 2.54 bits per heavy atom. The number of aromatic nitrogens is 2. The van der Waals surface area contributed by atoms with Crippen LogP contribution in [0, 0.1) is 0 Å². The zero-order chi connectivity index (χ0) is 17.2. The van der Waals surface area contributed by atoms with E-state index in [-0.39, 0.29) is 5.91 Å². The molecule has 2 aromatic rings. The lowest BCUT2D eigenvalue weighted by molar-refractivity contribution is -0.118. The van der Waals surface area contributed by atoms with Gasteiger partial charge in [0.05, 0.1) is 11.0 Å². The number of benzene rings is 1. The summed E-state index contributed by atoms with van der Waals surface area (Å²) < 4.78 is 2.34. The minimum Gasteiger partial charge on any atom is -0.356 e. The van der Waals surface area contributed by atoms with Gasteiger partial charge in [-0.1, -0.05) is 57.6 Å². The number of carbonyl (C=O) groups is 1. The van der Waals surface area contributed by atoms with Crippen LogP contribution in [0.25, 0.3) is 11.0 Å². The maximum Gasteiger partial charge on any atom is 0.216 e. The summed E-state index contributed by atoms with van der Waals surface area (Å²) in [7, 11) is 0. The van der Waals surface area contributed by atoms with E-state index in [4.69, 9.17) is 4.98 Å². The SMILES string of the molecule is CCCCCCCCCn1c(CCNC(C)=O)nc2ccccc21. The number of para-hydroxylation sites is 2. The molecule has 0 radical (unpaired) electrons. The molecule has 1 aromatic carbocycles. The molecule has 0 fully saturated rings. The molecule has 0 aliphatic carbocycles. The van der Waals surface area contributed by atoms with Crippen molar-refractivity contribution in [2.45, 2.75) is 71.8 Å². The van der Waals surface area contributed by atoms with Crippen molar-refractivity contribution in [3.63, 3.8) is 0 Å². The van der Waals surface area contributed by atoms with Gasteiger partial charge in [0, 0.05) is 26.4 Å². The number of imidazole rings is 1. The maximum atomic E-state index is 11.1. The first kappa shape index (κ1) is 18.5. The monoisotopic (exact) mass is 329 g/mol. The van der Waals surface area contributed by atoms with Gasteiger partial charge in [0.15, 0.2) is 0 Å². The Hall–Kier alpha value is -1.84. The summed E-state index contributed by atoms with van der Waals surface area (Å²) in [4.78, 5) is 15.8. The van der Waals surface area contributed by atoms with Crippen LogP contribution in [0.3, 0.4) is 0 Å². The van der Waals surface area contributed by atoms with E-state index in [0.717, 1.165) is 24.3 Å². The standard InChI is InChI=1S/C20H31N3O/c1-3-4-5-6-7-8-11-16-23-19-13-10-9-12-18(19)22-20(23)14-15-21-17(2)24/h9-10,12-13H,3-8,11,14-16H2,1-2H3,(H,21,24). The summed E-state index contributed by atoms with van der Waals surface area (Å²) in [6.45, 7) is 5.48. The van der Waals surface area contributed by atoms with Gasteiger partial charge in [-0.3, -0.25) is 4.79 Å². The highest BCUT2D eigenvalue weighted by Gasteiger charge is 2.10. The molecule has 0 unspecified atom stereocenters. The first-order chi connectivity index (χ1) is 11.7. The van der Waals surface area contributed by atoms with Crippen LogP contribution in [0.5, 0.6) is 0 Å². The third kappa shape index (κ3) is 5.66. The number of hydrogen-bond donors (Lipinski definition) is 1. The van der Waals surface area contributed by atoms with Crippen LogP contribution in [-0.4, -0.2) is 22.0 Å². The van der Waals surface area contributed by atoms with Crippen LogP contribution in [-0.2, 0) is 17.8 Å². The number of fused-ring (bicyclic) bond motifs is 1. The predicted molar refractivity (Wildman–Crippen MR) is 100 cm³/mol. The third-order valence-corrected chi connectivity index (χ3v) is 4.44. The highest BCUT2D eigenvalue weighted by Crippen LogP contribution is 2.18. The zero-order valence-electron chi connectivity index (χ0n) is 15.2.